The van der Waals surface area contributed by atoms with Gasteiger partial charge in [0, 0.05) is 24.8 Å². The van der Waals surface area contributed by atoms with Crippen LogP contribution in [0.2, 0.25) is 0 Å². The van der Waals surface area contributed by atoms with Gasteiger partial charge < -0.3 is 26.0 Å². The van der Waals surface area contributed by atoms with Gasteiger partial charge in [0.25, 0.3) is 5.91 Å². The zero-order chi connectivity index (χ0) is 29.7. The minimum atomic E-state index is -4.58. The number of alkyl halides is 5. The number of aliphatic hydroxyl groups excluding tert-OH is 1. The summed E-state index contributed by atoms with van der Waals surface area (Å²) in [5.41, 5.74) is 0.288. The van der Waals surface area contributed by atoms with Crippen molar-refractivity contribution in [3.63, 3.8) is 0 Å². The average molecular weight is 584 g/mol. The van der Waals surface area contributed by atoms with Crippen molar-refractivity contribution in [2.45, 2.75) is 76.2 Å². The van der Waals surface area contributed by atoms with E-state index < -0.39 is 54.0 Å². The number of urea groups is 1. The number of fused-ring (bicyclic) bond motifs is 1. The molecule has 41 heavy (non-hydrogen) atoms. The Kier molecular flexibility index (Phi) is 7.18. The van der Waals surface area contributed by atoms with Crippen LogP contribution in [0.4, 0.5) is 26.7 Å². The van der Waals surface area contributed by atoms with Gasteiger partial charge in [-0.2, -0.15) is 18.3 Å². The zero-order valence-corrected chi connectivity index (χ0v) is 22.1. The third-order valence-electron chi connectivity index (χ3n) is 8.24. The number of nitrogens with zero attached hydrogens (tertiary/aromatic N) is 4. The highest BCUT2D eigenvalue weighted by Crippen LogP contribution is 2.48. The first-order valence-electron chi connectivity index (χ1n) is 13.3. The molecule has 222 valence electrons. The number of aliphatic hydroxyl groups is 1. The van der Waals surface area contributed by atoms with Crippen molar-refractivity contribution in [3.05, 3.63) is 41.6 Å². The van der Waals surface area contributed by atoms with Gasteiger partial charge in [-0.15, -0.1) is 0 Å². The predicted octanol–water partition coefficient (Wildman–Crippen LogP) is 4.43. The lowest BCUT2D eigenvalue weighted by molar-refractivity contribution is -0.149. The predicted molar refractivity (Wildman–Crippen MR) is 135 cm³/mol. The van der Waals surface area contributed by atoms with Crippen molar-refractivity contribution >= 4 is 23.3 Å². The Morgan fingerprint density at radius 3 is 2.56 bits per heavy atom. The van der Waals surface area contributed by atoms with Crippen molar-refractivity contribution in [1.82, 2.24) is 30.1 Å². The second-order valence-electron chi connectivity index (χ2n) is 11.4. The van der Waals surface area contributed by atoms with Gasteiger partial charge in [0.1, 0.15) is 6.04 Å². The van der Waals surface area contributed by atoms with E-state index in [1.165, 1.54) is 16.9 Å². The molecule has 3 fully saturated rings. The van der Waals surface area contributed by atoms with Gasteiger partial charge >= 0.3 is 12.2 Å². The Morgan fingerprint density at radius 1 is 1.29 bits per heavy atom. The van der Waals surface area contributed by atoms with Crippen molar-refractivity contribution < 1.29 is 36.6 Å². The van der Waals surface area contributed by atoms with Gasteiger partial charge in [0.2, 0.25) is 5.92 Å². The highest BCUT2D eigenvalue weighted by atomic mass is 19.4. The zero-order valence-electron chi connectivity index (χ0n) is 22.1. The van der Waals surface area contributed by atoms with Crippen LogP contribution in [0, 0.1) is 16.7 Å². The number of carbonyl (C=O) groups is 2. The van der Waals surface area contributed by atoms with E-state index in [9.17, 15) is 36.6 Å². The number of nitrogens with one attached hydrogen (secondary N) is 3. The summed E-state index contributed by atoms with van der Waals surface area (Å²) in [5, 5.41) is 27.1. The van der Waals surface area contributed by atoms with E-state index in [4.69, 9.17) is 5.41 Å². The minimum absolute atomic E-state index is 0.00792. The number of amides is 3. The number of rotatable bonds is 8. The standard InChI is InChI=1S/C26H30F5N7O3/c1-24(6-7-24)21(32)16(13-39)22(40)36-20(15-2-4-25(27,28)5-3-15)17-11-38-19(34-17)8-14(9-33-38)10-37-12-18(26(29,30)31)35-23(37)41/h8-9,11,13,15,18,20,32,39H,2-7,10,12H2,1H3,(H,35,41)(H,36,40)/b16-13+,32-21?/t18-,20-/m0/s1. The maximum atomic E-state index is 13.9. The molecule has 3 aliphatic rings. The number of aromatic nitrogens is 3. The lowest BCUT2D eigenvalue weighted by Gasteiger charge is -2.33. The molecule has 0 radical (unpaired) electrons. The van der Waals surface area contributed by atoms with Gasteiger partial charge in [-0.1, -0.05) is 6.92 Å². The minimum Gasteiger partial charge on any atom is -0.515 e. The molecule has 4 N–H and O–H groups in total. The molecule has 2 saturated carbocycles. The van der Waals surface area contributed by atoms with Gasteiger partial charge in [-0.05, 0) is 43.2 Å². The second kappa shape index (κ2) is 10.2. The van der Waals surface area contributed by atoms with Crippen LogP contribution in [0.25, 0.3) is 5.65 Å². The molecule has 2 atom stereocenters. The van der Waals surface area contributed by atoms with Crippen LogP contribution in [0.3, 0.4) is 0 Å². The van der Waals surface area contributed by atoms with Crippen molar-refractivity contribution in [3.8, 4) is 0 Å². The highest BCUT2D eigenvalue weighted by molar-refractivity contribution is 6.22. The molecule has 5 rings (SSSR count). The molecule has 10 nitrogen and oxygen atoms in total. The fraction of sp³-hybridized carbons (Fsp3) is 0.577. The van der Waals surface area contributed by atoms with Crippen LogP contribution in [0.5, 0.6) is 0 Å². The summed E-state index contributed by atoms with van der Waals surface area (Å²) in [7, 11) is 0. The van der Waals surface area contributed by atoms with E-state index in [2.05, 4.69) is 15.4 Å². The highest BCUT2D eigenvalue weighted by Gasteiger charge is 2.47. The largest absolute Gasteiger partial charge is 0.515 e. The number of hydrogen-bond donors (Lipinski definition) is 4. The number of hydrogen-bond acceptors (Lipinski definition) is 6. The molecular weight excluding hydrogens is 553 g/mol. The molecule has 1 aliphatic heterocycles. The van der Waals surface area contributed by atoms with Crippen molar-refractivity contribution in [2.75, 3.05) is 6.54 Å². The van der Waals surface area contributed by atoms with Gasteiger partial charge in [-0.3, -0.25) is 4.79 Å². The third kappa shape index (κ3) is 5.98. The fourth-order valence-electron chi connectivity index (χ4n) is 5.35. The molecule has 0 aromatic carbocycles. The van der Waals surface area contributed by atoms with E-state index in [-0.39, 0.29) is 49.2 Å². The Balaban J connectivity index is 1.38. The number of imidazole rings is 1. The Labute approximate surface area is 231 Å². The summed E-state index contributed by atoms with van der Waals surface area (Å²) in [6, 6.07) is -2.12. The fourth-order valence-corrected chi connectivity index (χ4v) is 5.35. The molecule has 3 heterocycles. The first-order chi connectivity index (χ1) is 19.2. The lowest BCUT2D eigenvalue weighted by Crippen LogP contribution is -2.40. The van der Waals surface area contributed by atoms with Crippen LogP contribution >= 0.6 is 0 Å². The molecule has 1 saturated heterocycles. The summed E-state index contributed by atoms with van der Waals surface area (Å²) in [5.74, 6) is -3.95. The summed E-state index contributed by atoms with van der Waals surface area (Å²) >= 11 is 0. The molecule has 2 aromatic heterocycles. The molecule has 3 amide bonds. The van der Waals surface area contributed by atoms with Crippen LogP contribution in [0.15, 0.2) is 30.3 Å². The molecular formula is C26H30F5N7O3. The van der Waals surface area contributed by atoms with E-state index in [1.54, 1.807) is 6.07 Å². The lowest BCUT2D eigenvalue weighted by atomic mass is 9.81. The van der Waals surface area contributed by atoms with E-state index in [0.29, 0.717) is 30.4 Å². The third-order valence-corrected chi connectivity index (χ3v) is 8.24. The van der Waals surface area contributed by atoms with Crippen LogP contribution in [0.1, 0.15) is 62.7 Å². The maximum Gasteiger partial charge on any atom is 0.410 e. The Hall–Kier alpha value is -3.78. The summed E-state index contributed by atoms with van der Waals surface area (Å²) in [6.45, 7) is 1.11. The molecule has 0 spiro atoms. The smallest absolute Gasteiger partial charge is 0.410 e. The molecule has 2 aliphatic carbocycles. The summed E-state index contributed by atoms with van der Waals surface area (Å²) in [6.07, 6.45) is -0.219. The van der Waals surface area contributed by atoms with Crippen molar-refractivity contribution in [2.24, 2.45) is 11.3 Å². The quantitative estimate of drug-likeness (QED) is 0.158. The maximum absolute atomic E-state index is 13.9. The van der Waals surface area contributed by atoms with E-state index in [0.717, 1.165) is 4.90 Å². The normalized spacial score (nSPS) is 23.4. The SMILES string of the molecule is CC1(C(=N)/C(=C\O)C(=O)N[C@H](c2cn3ncc(CN4C[C@@H](C(F)(F)F)NC4=O)cc3n2)C2CCC(F)(F)CC2)CC1. The Bertz CT molecular complexity index is 1390. The first-order valence-corrected chi connectivity index (χ1v) is 13.3. The molecule has 0 bridgehead atoms. The van der Waals surface area contributed by atoms with Crippen LogP contribution in [-0.2, 0) is 11.3 Å². The molecule has 15 heteroatoms. The average Bonchev–Trinajstić information content (AvgIpc) is 3.34. The summed E-state index contributed by atoms with van der Waals surface area (Å²) < 4.78 is 68.4. The molecule has 2 aromatic rings. The van der Waals surface area contributed by atoms with E-state index in [1.807, 2.05) is 12.2 Å². The summed E-state index contributed by atoms with van der Waals surface area (Å²) in [4.78, 5) is 30.8. The number of carbonyl (C=O) groups excluding carboxylic acids is 2. The van der Waals surface area contributed by atoms with Gasteiger partial charge in [0.15, 0.2) is 5.65 Å². The van der Waals surface area contributed by atoms with Gasteiger partial charge in [0.05, 0.1) is 48.2 Å². The van der Waals surface area contributed by atoms with Crippen molar-refractivity contribution in [1.29, 1.82) is 5.41 Å². The molecule has 0 unspecified atom stereocenters. The first kappa shape index (κ1) is 28.7. The second-order valence-corrected chi connectivity index (χ2v) is 11.4. The van der Waals surface area contributed by atoms with Gasteiger partial charge in [-0.25, -0.2) is 23.1 Å². The monoisotopic (exact) mass is 583 g/mol. The topological polar surface area (TPSA) is 136 Å². The Morgan fingerprint density at radius 2 is 1.98 bits per heavy atom. The van der Waals surface area contributed by atoms with E-state index >= 15 is 0 Å². The number of halogens is 5. The van der Waals surface area contributed by atoms with Crippen LogP contribution in [-0.4, -0.2) is 66.9 Å². The van der Waals surface area contributed by atoms with Crippen LogP contribution < -0.4 is 10.6 Å².